The van der Waals surface area contributed by atoms with Crippen LogP contribution in [0, 0.1) is 5.82 Å². The van der Waals surface area contributed by atoms with Gasteiger partial charge in [0.2, 0.25) is 0 Å². The van der Waals surface area contributed by atoms with Crippen LogP contribution in [0.3, 0.4) is 0 Å². The average molecular weight is 381 g/mol. The molecule has 0 aliphatic rings. The quantitative estimate of drug-likeness (QED) is 0.639. The number of amides is 1. The molecule has 0 radical (unpaired) electrons. The number of benzene rings is 2. The zero-order valence-corrected chi connectivity index (χ0v) is 15.6. The van der Waals surface area contributed by atoms with Crippen molar-refractivity contribution >= 4 is 11.7 Å². The van der Waals surface area contributed by atoms with Gasteiger partial charge in [-0.1, -0.05) is 12.1 Å². The van der Waals surface area contributed by atoms with Gasteiger partial charge in [-0.2, -0.15) is 0 Å². The van der Waals surface area contributed by atoms with Crippen molar-refractivity contribution in [1.29, 1.82) is 0 Å². The van der Waals surface area contributed by atoms with E-state index in [4.69, 9.17) is 4.74 Å². The van der Waals surface area contributed by atoms with Crippen LogP contribution in [0.5, 0.6) is 5.75 Å². The lowest BCUT2D eigenvalue weighted by Crippen LogP contribution is -2.34. The summed E-state index contributed by atoms with van der Waals surface area (Å²) in [4.78, 5) is 28.0. The number of halogens is 1. The zero-order chi connectivity index (χ0) is 20.1. The molecule has 1 N–H and O–H groups in total. The Kier molecular flexibility index (Phi) is 5.84. The highest BCUT2D eigenvalue weighted by atomic mass is 19.1. The van der Waals surface area contributed by atoms with Crippen LogP contribution >= 0.6 is 0 Å². The summed E-state index contributed by atoms with van der Waals surface area (Å²) in [6, 6.07) is 11.9. The average Bonchev–Trinajstić information content (AvgIpc) is 3.10. The Hall–Kier alpha value is -3.48. The van der Waals surface area contributed by atoms with E-state index in [1.54, 1.807) is 60.4 Å². The van der Waals surface area contributed by atoms with Gasteiger partial charge in [0.05, 0.1) is 0 Å². The van der Waals surface area contributed by atoms with Crippen LogP contribution in [0.15, 0.2) is 60.9 Å². The Balaban J connectivity index is 1.71. The lowest BCUT2D eigenvalue weighted by Gasteiger charge is -2.19. The summed E-state index contributed by atoms with van der Waals surface area (Å²) in [5.41, 5.74) is 1.14. The number of imidazole rings is 1. The lowest BCUT2D eigenvalue weighted by atomic mass is 10.1. The van der Waals surface area contributed by atoms with E-state index in [0.717, 1.165) is 0 Å². The lowest BCUT2D eigenvalue weighted by molar-refractivity contribution is -0.123. The third-order valence-electron chi connectivity index (χ3n) is 4.23. The number of carbonyl (C=O) groups is 2. The normalized spacial score (nSPS) is 11.7. The van der Waals surface area contributed by atoms with Crippen molar-refractivity contribution in [2.75, 3.05) is 6.61 Å². The van der Waals surface area contributed by atoms with Gasteiger partial charge in [-0.3, -0.25) is 9.59 Å². The van der Waals surface area contributed by atoms with Crippen LogP contribution in [0.2, 0.25) is 0 Å². The Morgan fingerprint density at radius 1 is 1.21 bits per heavy atom. The predicted octanol–water partition coefficient (Wildman–Crippen LogP) is 3.05. The summed E-state index contributed by atoms with van der Waals surface area (Å²) < 4.78 is 20.9. The second-order valence-electron chi connectivity index (χ2n) is 6.32. The molecule has 144 valence electrons. The summed E-state index contributed by atoms with van der Waals surface area (Å²) in [5, 5.41) is 2.84. The van der Waals surface area contributed by atoms with Gasteiger partial charge in [-0.25, -0.2) is 9.37 Å². The maximum atomic E-state index is 13.7. The van der Waals surface area contributed by atoms with Crippen molar-refractivity contribution in [2.24, 2.45) is 7.05 Å². The van der Waals surface area contributed by atoms with Crippen molar-refractivity contribution in [3.8, 4) is 5.75 Å². The molecule has 0 spiro atoms. The van der Waals surface area contributed by atoms with Gasteiger partial charge >= 0.3 is 0 Å². The Morgan fingerprint density at radius 3 is 2.57 bits per heavy atom. The third kappa shape index (κ3) is 4.62. The summed E-state index contributed by atoms with van der Waals surface area (Å²) >= 11 is 0. The molecule has 6 nitrogen and oxygen atoms in total. The minimum absolute atomic E-state index is 0.0442. The third-order valence-corrected chi connectivity index (χ3v) is 4.23. The van der Waals surface area contributed by atoms with Crippen molar-refractivity contribution in [1.82, 2.24) is 14.9 Å². The van der Waals surface area contributed by atoms with Gasteiger partial charge in [0.15, 0.2) is 12.4 Å². The zero-order valence-electron chi connectivity index (χ0n) is 15.6. The number of nitrogens with one attached hydrogen (secondary N) is 1. The molecule has 7 heteroatoms. The van der Waals surface area contributed by atoms with Crippen molar-refractivity contribution in [2.45, 2.75) is 13.0 Å². The Labute approximate surface area is 162 Å². The van der Waals surface area contributed by atoms with E-state index >= 15 is 0 Å². The SMILES string of the molecule is CC(=O)c1ccc(OCC(=O)N[C@H](c2cccc(F)c2)c2nccn2C)cc1. The number of aryl methyl sites for hydroxylation is 1. The van der Waals surface area contributed by atoms with E-state index in [-0.39, 0.29) is 18.3 Å². The monoisotopic (exact) mass is 381 g/mol. The Bertz CT molecular complexity index is 983. The summed E-state index contributed by atoms with van der Waals surface area (Å²) in [5.74, 6) is 0.224. The standard InChI is InChI=1S/C21H20FN3O3/c1-14(26)15-6-8-18(9-7-15)28-13-19(27)24-20(21-23-10-11-25(21)2)16-4-3-5-17(22)12-16/h3-12,20H,13H2,1-2H3,(H,24,27)/t20-/m1/s1. The van der Waals surface area contributed by atoms with Gasteiger partial charge in [-0.15, -0.1) is 0 Å². The van der Waals surface area contributed by atoms with Crippen LogP contribution < -0.4 is 10.1 Å². The fourth-order valence-corrected chi connectivity index (χ4v) is 2.78. The van der Waals surface area contributed by atoms with Crippen LogP contribution in [-0.4, -0.2) is 27.8 Å². The number of Topliss-reactive ketones (excluding diaryl/α,β-unsaturated/α-hetero) is 1. The maximum Gasteiger partial charge on any atom is 0.258 e. The van der Waals surface area contributed by atoms with Gasteiger partial charge in [-0.05, 0) is 48.9 Å². The van der Waals surface area contributed by atoms with E-state index in [9.17, 15) is 14.0 Å². The van der Waals surface area contributed by atoms with Gasteiger partial charge in [0, 0.05) is 25.0 Å². The van der Waals surface area contributed by atoms with Gasteiger partial charge < -0.3 is 14.6 Å². The molecule has 3 rings (SSSR count). The molecule has 0 fully saturated rings. The fourth-order valence-electron chi connectivity index (χ4n) is 2.78. The fraction of sp³-hybridized carbons (Fsp3) is 0.190. The topological polar surface area (TPSA) is 73.2 Å². The number of hydrogen-bond donors (Lipinski definition) is 1. The maximum absolute atomic E-state index is 13.7. The molecular formula is C21H20FN3O3. The molecule has 1 aromatic heterocycles. The van der Waals surface area contributed by atoms with E-state index in [0.29, 0.717) is 22.7 Å². The second-order valence-corrected chi connectivity index (χ2v) is 6.32. The molecular weight excluding hydrogens is 361 g/mol. The molecule has 28 heavy (non-hydrogen) atoms. The van der Waals surface area contributed by atoms with Crippen LogP contribution in [0.4, 0.5) is 4.39 Å². The van der Waals surface area contributed by atoms with Crippen molar-refractivity contribution < 1.29 is 18.7 Å². The summed E-state index contributed by atoms with van der Waals surface area (Å²) in [6.45, 7) is 1.25. The first kappa shape index (κ1) is 19.3. The van der Waals surface area contributed by atoms with E-state index in [1.165, 1.54) is 19.1 Å². The molecule has 0 bridgehead atoms. The molecule has 0 aliphatic heterocycles. The molecule has 0 saturated heterocycles. The first-order valence-corrected chi connectivity index (χ1v) is 8.70. The molecule has 0 saturated carbocycles. The molecule has 1 atom stereocenters. The Morgan fingerprint density at radius 2 is 1.96 bits per heavy atom. The smallest absolute Gasteiger partial charge is 0.258 e. The minimum Gasteiger partial charge on any atom is -0.484 e. The first-order valence-electron chi connectivity index (χ1n) is 8.70. The number of rotatable bonds is 7. The van der Waals surface area contributed by atoms with Crippen LogP contribution in [-0.2, 0) is 11.8 Å². The van der Waals surface area contributed by atoms with E-state index in [1.807, 2.05) is 0 Å². The van der Waals surface area contributed by atoms with E-state index < -0.39 is 11.9 Å². The van der Waals surface area contributed by atoms with Crippen molar-refractivity contribution in [3.63, 3.8) is 0 Å². The molecule has 2 aromatic carbocycles. The molecule has 1 heterocycles. The first-order chi connectivity index (χ1) is 13.4. The summed E-state index contributed by atoms with van der Waals surface area (Å²) in [6.07, 6.45) is 3.36. The van der Waals surface area contributed by atoms with Gasteiger partial charge in [0.1, 0.15) is 23.4 Å². The van der Waals surface area contributed by atoms with Crippen LogP contribution in [0.1, 0.15) is 34.7 Å². The highest BCUT2D eigenvalue weighted by Gasteiger charge is 2.21. The highest BCUT2D eigenvalue weighted by Crippen LogP contribution is 2.21. The van der Waals surface area contributed by atoms with Gasteiger partial charge in [0.25, 0.3) is 5.91 Å². The highest BCUT2D eigenvalue weighted by molar-refractivity contribution is 5.94. The molecule has 0 aliphatic carbocycles. The van der Waals surface area contributed by atoms with E-state index in [2.05, 4.69) is 10.3 Å². The van der Waals surface area contributed by atoms with Crippen LogP contribution in [0.25, 0.3) is 0 Å². The number of ketones is 1. The predicted molar refractivity (Wildman–Crippen MR) is 102 cm³/mol. The largest absolute Gasteiger partial charge is 0.484 e. The molecule has 3 aromatic rings. The summed E-state index contributed by atoms with van der Waals surface area (Å²) in [7, 11) is 1.80. The molecule has 1 amide bonds. The number of ether oxygens (including phenoxy) is 1. The second kappa shape index (κ2) is 8.47. The molecule has 0 unspecified atom stereocenters. The minimum atomic E-state index is -0.619. The van der Waals surface area contributed by atoms with Crippen molar-refractivity contribution in [3.05, 3.63) is 83.7 Å². The number of carbonyl (C=O) groups excluding carboxylic acids is 2. The number of hydrogen-bond acceptors (Lipinski definition) is 4. The number of nitrogens with zero attached hydrogens (tertiary/aromatic N) is 2. The number of aromatic nitrogens is 2.